The van der Waals surface area contributed by atoms with Gasteiger partial charge in [0.2, 0.25) is 5.75 Å². The van der Waals surface area contributed by atoms with Gasteiger partial charge in [0, 0.05) is 17.7 Å². The zero-order chi connectivity index (χ0) is 27.6. The fourth-order valence-corrected chi connectivity index (χ4v) is 3.50. The number of carbonyl (C=O) groups is 2. The molecule has 0 aliphatic heterocycles. The van der Waals surface area contributed by atoms with Gasteiger partial charge in [0.05, 0.1) is 22.8 Å². The van der Waals surface area contributed by atoms with Gasteiger partial charge in [-0.05, 0) is 45.0 Å². The molecule has 1 amide bonds. The summed E-state index contributed by atoms with van der Waals surface area (Å²) in [5.74, 6) is -2.73. The highest BCUT2D eigenvalue weighted by Gasteiger charge is 2.18. The molecule has 0 atom stereocenters. The number of aryl methyl sites for hydroxylation is 3. The van der Waals surface area contributed by atoms with Crippen LogP contribution in [0, 0.1) is 20.8 Å². The highest BCUT2D eigenvalue weighted by Crippen LogP contribution is 2.40. The highest BCUT2D eigenvalue weighted by molar-refractivity contribution is 5.89. The smallest absolute Gasteiger partial charge is 0.408 e. The van der Waals surface area contributed by atoms with E-state index in [1.807, 2.05) is 6.92 Å². The Labute approximate surface area is 215 Å². The highest BCUT2D eigenvalue weighted by atomic mass is 16.6. The van der Waals surface area contributed by atoms with Crippen LogP contribution in [0.15, 0.2) is 45.6 Å². The molecule has 0 fully saturated rings. The van der Waals surface area contributed by atoms with Crippen LogP contribution in [0.5, 0.6) is 23.0 Å². The van der Waals surface area contributed by atoms with Crippen LogP contribution in [0.4, 0.5) is 4.79 Å². The molecule has 2 aromatic carbocycles. The first kappa shape index (κ1) is 25.9. The van der Waals surface area contributed by atoms with Gasteiger partial charge in [0.1, 0.15) is 35.6 Å². The van der Waals surface area contributed by atoms with Crippen molar-refractivity contribution >= 4 is 23.0 Å². The predicted molar refractivity (Wildman–Crippen MR) is 133 cm³/mol. The summed E-state index contributed by atoms with van der Waals surface area (Å²) >= 11 is 0. The zero-order valence-electron chi connectivity index (χ0n) is 20.6. The van der Waals surface area contributed by atoms with Crippen LogP contribution in [0.2, 0.25) is 0 Å². The lowest BCUT2D eigenvalue weighted by Crippen LogP contribution is -2.32. The molecule has 4 N–H and O–H groups in total. The van der Waals surface area contributed by atoms with E-state index in [4.69, 9.17) is 13.9 Å². The molecule has 2 heterocycles. The maximum atomic E-state index is 12.4. The lowest BCUT2D eigenvalue weighted by Gasteiger charge is -2.10. The fraction of sp³-hybridized carbons (Fsp3) is 0.192. The minimum Gasteiger partial charge on any atom is -0.504 e. The van der Waals surface area contributed by atoms with E-state index in [2.05, 4.69) is 15.3 Å². The van der Waals surface area contributed by atoms with Crippen molar-refractivity contribution in [3.05, 3.63) is 69.4 Å². The van der Waals surface area contributed by atoms with Gasteiger partial charge in [-0.2, -0.15) is 0 Å². The number of hydrogen-bond donors (Lipinski definition) is 4. The number of hydrogen-bond acceptors (Lipinski definition) is 11. The van der Waals surface area contributed by atoms with E-state index in [-0.39, 0.29) is 29.1 Å². The maximum Gasteiger partial charge on any atom is 0.408 e. The van der Waals surface area contributed by atoms with Gasteiger partial charge in [-0.1, -0.05) is 0 Å². The van der Waals surface area contributed by atoms with Crippen molar-refractivity contribution in [3.8, 4) is 34.3 Å². The number of phenolic OH excluding ortho intramolecular Hbond substituents is 3. The van der Waals surface area contributed by atoms with E-state index in [1.54, 1.807) is 13.8 Å². The second-order valence-electron chi connectivity index (χ2n) is 8.30. The number of carbonyl (C=O) groups excluding carboxylic acids is 2. The van der Waals surface area contributed by atoms with Crippen molar-refractivity contribution in [1.29, 1.82) is 0 Å². The minimum absolute atomic E-state index is 0.104. The third-order valence-corrected chi connectivity index (χ3v) is 5.61. The van der Waals surface area contributed by atoms with E-state index < -0.39 is 41.3 Å². The number of aromatic hydroxyl groups is 3. The standard InChI is InChI=1S/C26H23N3O9/c1-12-13(2)29-17(14(3)28-12)11-36-26(35)27-10-22(32)37-16-6-4-15(5-7-16)20-8-18(30)23-21(38-20)9-19(31)24(33)25(23)34/h4-9,31,33-34H,10-11H2,1-3H3,(H,27,35). The second kappa shape index (κ2) is 10.5. The maximum absolute atomic E-state index is 12.4. The Balaban J connectivity index is 1.35. The monoisotopic (exact) mass is 521 g/mol. The van der Waals surface area contributed by atoms with Crippen molar-refractivity contribution in [2.45, 2.75) is 27.4 Å². The number of alkyl carbamates (subject to hydrolysis) is 1. The molecule has 0 radical (unpaired) electrons. The van der Waals surface area contributed by atoms with E-state index in [0.717, 1.165) is 23.5 Å². The number of fused-ring (bicyclic) bond motifs is 1. The van der Waals surface area contributed by atoms with Gasteiger partial charge < -0.3 is 34.5 Å². The molecule has 0 unspecified atom stereocenters. The molecule has 0 aliphatic carbocycles. The molecule has 4 rings (SSSR count). The third-order valence-electron chi connectivity index (χ3n) is 5.61. The summed E-state index contributed by atoms with van der Waals surface area (Å²) in [5.41, 5.74) is 2.33. The summed E-state index contributed by atoms with van der Waals surface area (Å²) in [6.45, 7) is 4.84. The second-order valence-corrected chi connectivity index (χ2v) is 8.30. The first-order valence-corrected chi connectivity index (χ1v) is 11.3. The van der Waals surface area contributed by atoms with Gasteiger partial charge >= 0.3 is 12.1 Å². The van der Waals surface area contributed by atoms with E-state index in [1.165, 1.54) is 24.3 Å². The molecule has 4 aromatic rings. The Hall–Kier alpha value is -5.13. The molecule has 12 nitrogen and oxygen atoms in total. The van der Waals surface area contributed by atoms with Crippen molar-refractivity contribution < 1.29 is 38.8 Å². The molecule has 0 bridgehead atoms. The molecule has 38 heavy (non-hydrogen) atoms. The van der Waals surface area contributed by atoms with E-state index in [9.17, 15) is 29.7 Å². The lowest BCUT2D eigenvalue weighted by molar-refractivity contribution is -0.133. The number of amides is 1. The Morgan fingerprint density at radius 2 is 1.63 bits per heavy atom. The molecular formula is C26H23N3O9. The Bertz CT molecular complexity index is 1610. The largest absolute Gasteiger partial charge is 0.504 e. The fourth-order valence-electron chi connectivity index (χ4n) is 3.50. The minimum atomic E-state index is -0.826. The average Bonchev–Trinajstić information content (AvgIpc) is 2.87. The van der Waals surface area contributed by atoms with Crippen molar-refractivity contribution in [2.24, 2.45) is 0 Å². The zero-order valence-corrected chi connectivity index (χ0v) is 20.6. The average molecular weight is 521 g/mol. The van der Waals surface area contributed by atoms with Crippen molar-refractivity contribution in [3.63, 3.8) is 0 Å². The van der Waals surface area contributed by atoms with Gasteiger partial charge in [0.25, 0.3) is 0 Å². The van der Waals surface area contributed by atoms with Crippen LogP contribution in [-0.2, 0) is 16.1 Å². The number of nitrogens with one attached hydrogen (secondary N) is 1. The van der Waals surface area contributed by atoms with Gasteiger partial charge in [-0.25, -0.2) is 9.59 Å². The van der Waals surface area contributed by atoms with Crippen LogP contribution < -0.4 is 15.5 Å². The number of phenols is 3. The molecule has 0 saturated carbocycles. The third kappa shape index (κ3) is 5.48. The summed E-state index contributed by atoms with van der Waals surface area (Å²) < 4.78 is 15.9. The number of rotatable bonds is 6. The number of benzene rings is 2. The van der Waals surface area contributed by atoms with Crippen LogP contribution >= 0.6 is 0 Å². The van der Waals surface area contributed by atoms with Crippen LogP contribution in [0.1, 0.15) is 22.8 Å². The predicted octanol–water partition coefficient (Wildman–Crippen LogP) is 3.12. The summed E-state index contributed by atoms with van der Waals surface area (Å²) in [7, 11) is 0. The molecule has 2 aromatic heterocycles. The first-order valence-electron chi connectivity index (χ1n) is 11.3. The van der Waals surface area contributed by atoms with Crippen LogP contribution in [-0.4, -0.2) is 43.9 Å². The van der Waals surface area contributed by atoms with Crippen LogP contribution in [0.3, 0.4) is 0 Å². The Morgan fingerprint density at radius 1 is 0.947 bits per heavy atom. The van der Waals surface area contributed by atoms with Gasteiger partial charge in [0.15, 0.2) is 16.9 Å². The van der Waals surface area contributed by atoms with Crippen molar-refractivity contribution in [2.75, 3.05) is 6.54 Å². The lowest BCUT2D eigenvalue weighted by atomic mass is 10.1. The topological polar surface area (TPSA) is 181 Å². The Morgan fingerprint density at radius 3 is 2.34 bits per heavy atom. The molecular weight excluding hydrogens is 498 g/mol. The summed E-state index contributed by atoms with van der Waals surface area (Å²) in [4.78, 5) is 45.2. The molecule has 196 valence electrons. The summed E-state index contributed by atoms with van der Waals surface area (Å²) in [5, 5.41) is 31.3. The van der Waals surface area contributed by atoms with E-state index in [0.29, 0.717) is 17.0 Å². The number of esters is 1. The number of nitrogens with zero attached hydrogens (tertiary/aromatic N) is 2. The van der Waals surface area contributed by atoms with Gasteiger partial charge in [-0.15, -0.1) is 0 Å². The summed E-state index contributed by atoms with van der Waals surface area (Å²) in [6, 6.07) is 8.05. The Kier molecular flexibility index (Phi) is 7.15. The molecule has 12 heteroatoms. The molecule has 0 spiro atoms. The molecule has 0 saturated heterocycles. The van der Waals surface area contributed by atoms with Crippen molar-refractivity contribution in [1.82, 2.24) is 15.3 Å². The van der Waals surface area contributed by atoms with E-state index >= 15 is 0 Å². The normalized spacial score (nSPS) is 10.8. The van der Waals surface area contributed by atoms with Crippen LogP contribution in [0.25, 0.3) is 22.3 Å². The summed E-state index contributed by atoms with van der Waals surface area (Å²) in [6.07, 6.45) is -0.826. The quantitative estimate of drug-likeness (QED) is 0.166. The first-order chi connectivity index (χ1) is 18.0. The SMILES string of the molecule is Cc1nc(C)c(COC(=O)NCC(=O)Oc2ccc(-c3cc(=O)c4c(O)c(O)c(O)cc4o3)cc2)nc1C. The molecule has 0 aliphatic rings. The number of ether oxygens (including phenoxy) is 2. The van der Waals surface area contributed by atoms with Gasteiger partial charge in [-0.3, -0.25) is 14.8 Å². The number of aromatic nitrogens is 2.